The summed E-state index contributed by atoms with van der Waals surface area (Å²) in [6.07, 6.45) is 3.58. The van der Waals surface area contributed by atoms with Crippen LogP contribution < -0.4 is 0 Å². The molecule has 3 aromatic rings. The molecule has 1 aliphatic rings. The number of carboxylic acid groups (broad SMARTS) is 1. The lowest BCUT2D eigenvalue weighted by molar-refractivity contribution is -0.143. The lowest BCUT2D eigenvalue weighted by Gasteiger charge is -2.30. The van der Waals surface area contributed by atoms with Crippen molar-refractivity contribution in [2.24, 2.45) is 5.92 Å². The predicted octanol–water partition coefficient (Wildman–Crippen LogP) is 3.98. The normalized spacial score (nSPS) is 17.5. The zero-order valence-corrected chi connectivity index (χ0v) is 15.5. The van der Waals surface area contributed by atoms with Crippen LogP contribution in [0.4, 0.5) is 4.39 Å². The van der Waals surface area contributed by atoms with Crippen LogP contribution in [0.1, 0.15) is 18.4 Å². The van der Waals surface area contributed by atoms with E-state index >= 15 is 0 Å². The largest absolute Gasteiger partial charge is 0.481 e. The summed E-state index contributed by atoms with van der Waals surface area (Å²) in [6, 6.07) is 16.1. The average Bonchev–Trinajstić information content (AvgIpc) is 3.13. The van der Waals surface area contributed by atoms with Crippen molar-refractivity contribution in [1.29, 1.82) is 0 Å². The van der Waals surface area contributed by atoms with Crippen LogP contribution in [0.3, 0.4) is 0 Å². The Bertz CT molecular complexity index is 954. The third-order valence-electron chi connectivity index (χ3n) is 5.18. The molecule has 1 saturated heterocycles. The standard InChI is InChI=1S/C22H22FN3O2/c23-19-10-8-16(9-11-19)21-18(14-25-12-4-5-17(13-25)22(27)28)15-26(24-21)20-6-2-1-3-7-20/h1-3,6-11,15,17H,4-5,12-14H2,(H,27,28). The third-order valence-corrected chi connectivity index (χ3v) is 5.18. The summed E-state index contributed by atoms with van der Waals surface area (Å²) in [5, 5.41) is 14.1. The van der Waals surface area contributed by atoms with Gasteiger partial charge in [0.1, 0.15) is 5.82 Å². The van der Waals surface area contributed by atoms with Gasteiger partial charge in [-0.3, -0.25) is 9.69 Å². The van der Waals surface area contributed by atoms with Crippen molar-refractivity contribution in [3.05, 3.63) is 72.2 Å². The topological polar surface area (TPSA) is 58.4 Å². The molecule has 2 aromatic carbocycles. The van der Waals surface area contributed by atoms with Crippen LogP contribution in [0.15, 0.2) is 60.8 Å². The maximum absolute atomic E-state index is 13.4. The Hall–Kier alpha value is -2.99. The number of hydrogen-bond donors (Lipinski definition) is 1. The Morgan fingerprint density at radius 3 is 2.61 bits per heavy atom. The van der Waals surface area contributed by atoms with Gasteiger partial charge in [-0.1, -0.05) is 18.2 Å². The quantitative estimate of drug-likeness (QED) is 0.729. The highest BCUT2D eigenvalue weighted by Crippen LogP contribution is 2.27. The summed E-state index contributed by atoms with van der Waals surface area (Å²) in [5.74, 6) is -1.34. The van der Waals surface area contributed by atoms with Crippen molar-refractivity contribution in [3.63, 3.8) is 0 Å². The molecule has 0 saturated carbocycles. The number of aliphatic carboxylic acids is 1. The fourth-order valence-electron chi connectivity index (χ4n) is 3.73. The van der Waals surface area contributed by atoms with Gasteiger partial charge in [-0.05, 0) is 55.8 Å². The van der Waals surface area contributed by atoms with Gasteiger partial charge in [-0.15, -0.1) is 0 Å². The summed E-state index contributed by atoms with van der Waals surface area (Å²) in [7, 11) is 0. The molecule has 4 rings (SSSR count). The molecule has 1 fully saturated rings. The summed E-state index contributed by atoms with van der Waals surface area (Å²) in [4.78, 5) is 13.6. The van der Waals surface area contributed by atoms with E-state index in [1.54, 1.807) is 12.1 Å². The number of hydrogen-bond acceptors (Lipinski definition) is 3. The van der Waals surface area contributed by atoms with Gasteiger partial charge in [0.15, 0.2) is 0 Å². The van der Waals surface area contributed by atoms with Crippen LogP contribution in [0.5, 0.6) is 0 Å². The minimum absolute atomic E-state index is 0.284. The van der Waals surface area contributed by atoms with Gasteiger partial charge in [0.25, 0.3) is 0 Å². The second-order valence-electron chi connectivity index (χ2n) is 7.20. The molecule has 1 unspecified atom stereocenters. The van der Waals surface area contributed by atoms with Crippen LogP contribution in [0, 0.1) is 11.7 Å². The molecule has 0 radical (unpaired) electrons. The molecule has 144 valence electrons. The lowest BCUT2D eigenvalue weighted by Crippen LogP contribution is -2.38. The van der Waals surface area contributed by atoms with Crippen LogP contribution in [-0.2, 0) is 11.3 Å². The number of likely N-dealkylation sites (tertiary alicyclic amines) is 1. The SMILES string of the molecule is O=C(O)C1CCCN(Cc2cn(-c3ccccc3)nc2-c2ccc(F)cc2)C1. The van der Waals surface area contributed by atoms with Gasteiger partial charge in [-0.25, -0.2) is 9.07 Å². The van der Waals surface area contributed by atoms with Gasteiger partial charge in [0.05, 0.1) is 17.3 Å². The molecule has 6 heteroatoms. The molecule has 0 spiro atoms. The first-order valence-electron chi connectivity index (χ1n) is 9.45. The Labute approximate surface area is 163 Å². The van der Waals surface area contributed by atoms with Crippen LogP contribution in [-0.4, -0.2) is 38.8 Å². The first-order valence-corrected chi connectivity index (χ1v) is 9.45. The van der Waals surface area contributed by atoms with E-state index in [4.69, 9.17) is 5.10 Å². The molecule has 2 heterocycles. The number of halogens is 1. The molecule has 1 aliphatic heterocycles. The van der Waals surface area contributed by atoms with Crippen LogP contribution in [0.25, 0.3) is 16.9 Å². The smallest absolute Gasteiger partial charge is 0.307 e. The van der Waals surface area contributed by atoms with Gasteiger partial charge in [0.2, 0.25) is 0 Å². The van der Waals surface area contributed by atoms with Crippen molar-refractivity contribution in [2.75, 3.05) is 13.1 Å². The maximum Gasteiger partial charge on any atom is 0.307 e. The molecule has 1 aromatic heterocycles. The second-order valence-corrected chi connectivity index (χ2v) is 7.20. The van der Waals surface area contributed by atoms with Gasteiger partial charge in [-0.2, -0.15) is 5.10 Å². The molecule has 1 atom stereocenters. The number of piperidine rings is 1. The van der Waals surface area contributed by atoms with E-state index in [1.807, 2.05) is 41.2 Å². The molecular formula is C22H22FN3O2. The average molecular weight is 379 g/mol. The molecule has 0 amide bonds. The highest BCUT2D eigenvalue weighted by atomic mass is 19.1. The van der Waals surface area contributed by atoms with Crippen molar-refractivity contribution in [1.82, 2.24) is 14.7 Å². The summed E-state index contributed by atoms with van der Waals surface area (Å²) in [5.41, 5.74) is 3.58. The van der Waals surface area contributed by atoms with E-state index in [0.29, 0.717) is 13.1 Å². The zero-order chi connectivity index (χ0) is 19.5. The first kappa shape index (κ1) is 18.4. The fraction of sp³-hybridized carbons (Fsp3) is 0.273. The van der Waals surface area contributed by atoms with Crippen molar-refractivity contribution >= 4 is 5.97 Å². The van der Waals surface area contributed by atoms with E-state index in [1.165, 1.54) is 12.1 Å². The molecular weight excluding hydrogens is 357 g/mol. The lowest BCUT2D eigenvalue weighted by atomic mass is 9.97. The van der Waals surface area contributed by atoms with E-state index in [0.717, 1.165) is 41.9 Å². The predicted molar refractivity (Wildman–Crippen MR) is 105 cm³/mol. The number of carbonyl (C=O) groups is 1. The first-order chi connectivity index (χ1) is 13.6. The van der Waals surface area contributed by atoms with Crippen molar-refractivity contribution in [2.45, 2.75) is 19.4 Å². The van der Waals surface area contributed by atoms with Gasteiger partial charge < -0.3 is 5.11 Å². The van der Waals surface area contributed by atoms with Crippen molar-refractivity contribution < 1.29 is 14.3 Å². The maximum atomic E-state index is 13.4. The highest BCUT2D eigenvalue weighted by Gasteiger charge is 2.26. The molecule has 5 nitrogen and oxygen atoms in total. The summed E-state index contributed by atoms with van der Waals surface area (Å²) in [6.45, 7) is 2.02. The molecule has 1 N–H and O–H groups in total. The zero-order valence-electron chi connectivity index (χ0n) is 15.5. The van der Waals surface area contributed by atoms with Crippen molar-refractivity contribution in [3.8, 4) is 16.9 Å². The van der Waals surface area contributed by atoms with Gasteiger partial charge in [0, 0.05) is 30.4 Å². The monoisotopic (exact) mass is 379 g/mol. The minimum Gasteiger partial charge on any atom is -0.481 e. The fourth-order valence-corrected chi connectivity index (χ4v) is 3.73. The van der Waals surface area contributed by atoms with E-state index < -0.39 is 5.97 Å². The van der Waals surface area contributed by atoms with E-state index in [2.05, 4.69) is 4.90 Å². The Morgan fingerprint density at radius 2 is 1.89 bits per heavy atom. The Kier molecular flexibility index (Phi) is 5.21. The summed E-state index contributed by atoms with van der Waals surface area (Å²) >= 11 is 0. The highest BCUT2D eigenvalue weighted by molar-refractivity contribution is 5.70. The Morgan fingerprint density at radius 1 is 1.14 bits per heavy atom. The number of benzene rings is 2. The number of nitrogens with zero attached hydrogens (tertiary/aromatic N) is 3. The molecule has 28 heavy (non-hydrogen) atoms. The van der Waals surface area contributed by atoms with E-state index in [9.17, 15) is 14.3 Å². The third kappa shape index (κ3) is 3.97. The second kappa shape index (κ2) is 7.94. The minimum atomic E-state index is -0.733. The summed E-state index contributed by atoms with van der Waals surface area (Å²) < 4.78 is 15.2. The number of aromatic nitrogens is 2. The number of rotatable bonds is 5. The number of carboxylic acids is 1. The number of para-hydroxylation sites is 1. The van der Waals surface area contributed by atoms with E-state index in [-0.39, 0.29) is 11.7 Å². The molecule has 0 aliphatic carbocycles. The van der Waals surface area contributed by atoms with Crippen LogP contribution >= 0.6 is 0 Å². The molecule has 0 bridgehead atoms. The Balaban J connectivity index is 1.67. The van der Waals surface area contributed by atoms with Gasteiger partial charge >= 0.3 is 5.97 Å². The van der Waals surface area contributed by atoms with Crippen LogP contribution in [0.2, 0.25) is 0 Å².